The molecule has 8 heteroatoms. The summed E-state index contributed by atoms with van der Waals surface area (Å²) in [7, 11) is 0. The van der Waals surface area contributed by atoms with Crippen molar-refractivity contribution in [3.05, 3.63) is 41.1 Å². The lowest BCUT2D eigenvalue weighted by atomic mass is 10.1. The SMILES string of the molecule is CC(C)(C)OC(=O)NCCCOc1ccc(-c2csc3cnc(Cl)nc23)cc1. The van der Waals surface area contributed by atoms with Gasteiger partial charge in [-0.15, -0.1) is 11.3 Å². The minimum Gasteiger partial charge on any atom is -0.494 e. The number of alkyl carbamates (subject to hydrolysis) is 1. The van der Waals surface area contributed by atoms with Crippen LogP contribution in [-0.4, -0.2) is 34.8 Å². The number of carbonyl (C=O) groups is 1. The fourth-order valence-corrected chi connectivity index (χ4v) is 3.52. The molecule has 6 nitrogen and oxygen atoms in total. The van der Waals surface area contributed by atoms with Crippen LogP contribution in [0.3, 0.4) is 0 Å². The van der Waals surface area contributed by atoms with E-state index in [2.05, 4.69) is 15.3 Å². The van der Waals surface area contributed by atoms with Gasteiger partial charge < -0.3 is 14.8 Å². The van der Waals surface area contributed by atoms with Crippen LogP contribution >= 0.6 is 22.9 Å². The van der Waals surface area contributed by atoms with Crippen molar-refractivity contribution >= 4 is 39.2 Å². The van der Waals surface area contributed by atoms with E-state index in [9.17, 15) is 4.79 Å². The van der Waals surface area contributed by atoms with E-state index in [-0.39, 0.29) is 5.28 Å². The highest BCUT2D eigenvalue weighted by Crippen LogP contribution is 2.33. The van der Waals surface area contributed by atoms with E-state index < -0.39 is 11.7 Å². The molecule has 3 rings (SSSR count). The molecule has 2 heterocycles. The molecule has 1 N–H and O–H groups in total. The lowest BCUT2D eigenvalue weighted by molar-refractivity contribution is 0.0525. The van der Waals surface area contributed by atoms with Crippen molar-refractivity contribution in [3.63, 3.8) is 0 Å². The first-order valence-electron chi connectivity index (χ1n) is 8.92. The number of rotatable bonds is 6. The molecule has 28 heavy (non-hydrogen) atoms. The maximum absolute atomic E-state index is 11.6. The van der Waals surface area contributed by atoms with Crippen molar-refractivity contribution in [2.24, 2.45) is 0 Å². The number of nitrogens with one attached hydrogen (secondary N) is 1. The Morgan fingerprint density at radius 1 is 1.25 bits per heavy atom. The number of ether oxygens (including phenoxy) is 2. The summed E-state index contributed by atoms with van der Waals surface area (Å²) in [6, 6.07) is 7.82. The Hall–Kier alpha value is -2.38. The Morgan fingerprint density at radius 3 is 2.71 bits per heavy atom. The molecular formula is C20H22ClN3O3S. The average molecular weight is 420 g/mol. The van der Waals surface area contributed by atoms with Crippen molar-refractivity contribution in [1.29, 1.82) is 0 Å². The van der Waals surface area contributed by atoms with Crippen LogP contribution < -0.4 is 10.1 Å². The highest BCUT2D eigenvalue weighted by Gasteiger charge is 2.15. The summed E-state index contributed by atoms with van der Waals surface area (Å²) in [6.45, 7) is 6.49. The van der Waals surface area contributed by atoms with Crippen molar-refractivity contribution in [2.45, 2.75) is 32.8 Å². The summed E-state index contributed by atoms with van der Waals surface area (Å²) in [5.74, 6) is 0.771. The van der Waals surface area contributed by atoms with Gasteiger partial charge >= 0.3 is 6.09 Å². The lowest BCUT2D eigenvalue weighted by Crippen LogP contribution is -2.33. The van der Waals surface area contributed by atoms with E-state index in [0.717, 1.165) is 27.1 Å². The van der Waals surface area contributed by atoms with Gasteiger partial charge in [-0.25, -0.2) is 14.8 Å². The molecule has 1 amide bonds. The molecule has 0 saturated carbocycles. The third-order valence-corrected chi connectivity index (χ3v) is 4.80. The number of fused-ring (bicyclic) bond motifs is 1. The van der Waals surface area contributed by atoms with Crippen LogP contribution in [0.2, 0.25) is 5.28 Å². The highest BCUT2D eigenvalue weighted by molar-refractivity contribution is 7.17. The van der Waals surface area contributed by atoms with Gasteiger partial charge in [0.05, 0.1) is 16.8 Å². The second kappa shape index (κ2) is 8.75. The summed E-state index contributed by atoms with van der Waals surface area (Å²) >= 11 is 7.51. The fraction of sp³-hybridized carbons (Fsp3) is 0.350. The molecule has 0 aliphatic rings. The largest absolute Gasteiger partial charge is 0.494 e. The number of hydrogen-bond acceptors (Lipinski definition) is 6. The first-order valence-corrected chi connectivity index (χ1v) is 10.2. The number of benzene rings is 1. The number of nitrogens with zero attached hydrogens (tertiary/aromatic N) is 2. The van der Waals surface area contributed by atoms with Crippen LogP contribution in [0.1, 0.15) is 27.2 Å². The third-order valence-electron chi connectivity index (χ3n) is 3.71. The minimum atomic E-state index is -0.493. The zero-order chi connectivity index (χ0) is 20.1. The Kier molecular flexibility index (Phi) is 6.36. The smallest absolute Gasteiger partial charge is 0.407 e. The second-order valence-electron chi connectivity index (χ2n) is 7.16. The molecule has 2 aromatic heterocycles. The van der Waals surface area contributed by atoms with E-state index in [4.69, 9.17) is 21.1 Å². The summed E-state index contributed by atoms with van der Waals surface area (Å²) in [5.41, 5.74) is 2.43. The average Bonchev–Trinajstić information content (AvgIpc) is 3.03. The first-order chi connectivity index (χ1) is 13.3. The second-order valence-corrected chi connectivity index (χ2v) is 8.41. The number of halogens is 1. The Balaban J connectivity index is 1.50. The number of thiophene rings is 1. The van der Waals surface area contributed by atoms with Crippen LogP contribution in [-0.2, 0) is 4.74 Å². The molecular weight excluding hydrogens is 398 g/mol. The van der Waals surface area contributed by atoms with Gasteiger partial charge in [0.1, 0.15) is 11.4 Å². The lowest BCUT2D eigenvalue weighted by Gasteiger charge is -2.19. The van der Waals surface area contributed by atoms with Crippen LogP contribution in [0.25, 0.3) is 21.3 Å². The summed E-state index contributed by atoms with van der Waals surface area (Å²) in [5, 5.41) is 5.00. The molecule has 0 saturated heterocycles. The molecule has 0 bridgehead atoms. The Labute approximate surface area is 172 Å². The zero-order valence-corrected chi connectivity index (χ0v) is 17.6. The van der Waals surface area contributed by atoms with Crippen molar-refractivity contribution < 1.29 is 14.3 Å². The summed E-state index contributed by atoms with van der Waals surface area (Å²) in [4.78, 5) is 19.9. The molecule has 0 atom stereocenters. The molecule has 3 aromatic rings. The Morgan fingerprint density at radius 2 is 2.00 bits per heavy atom. The quantitative estimate of drug-likeness (QED) is 0.433. The van der Waals surface area contributed by atoms with Crippen molar-refractivity contribution in [1.82, 2.24) is 15.3 Å². The normalized spacial score (nSPS) is 11.4. The van der Waals surface area contributed by atoms with Crippen LogP contribution in [0.5, 0.6) is 5.75 Å². The highest BCUT2D eigenvalue weighted by atomic mass is 35.5. The topological polar surface area (TPSA) is 73.3 Å². The van der Waals surface area contributed by atoms with Gasteiger partial charge in [0.15, 0.2) is 0 Å². The van der Waals surface area contributed by atoms with Crippen LogP contribution in [0, 0.1) is 0 Å². The standard InChI is InChI=1S/C20H22ClN3O3S/c1-20(2,3)27-19(25)22-9-4-10-26-14-7-5-13(6-8-14)15-12-28-16-11-23-18(21)24-17(15)16/h5-8,11-12H,4,9-10H2,1-3H3,(H,22,25). The predicted molar refractivity (Wildman–Crippen MR) is 112 cm³/mol. The first kappa shape index (κ1) is 20.4. The van der Waals surface area contributed by atoms with E-state index in [1.807, 2.05) is 50.4 Å². The van der Waals surface area contributed by atoms with Gasteiger partial charge in [-0.2, -0.15) is 0 Å². The van der Waals surface area contributed by atoms with Gasteiger partial charge in [-0.05, 0) is 56.5 Å². The minimum absolute atomic E-state index is 0.243. The van der Waals surface area contributed by atoms with E-state index in [1.165, 1.54) is 0 Å². The van der Waals surface area contributed by atoms with E-state index in [1.54, 1.807) is 17.5 Å². The maximum Gasteiger partial charge on any atom is 0.407 e. The Bertz CT molecular complexity index is 951. The predicted octanol–water partition coefficient (Wildman–Crippen LogP) is 5.31. The summed E-state index contributed by atoms with van der Waals surface area (Å²) < 4.78 is 11.9. The molecule has 0 spiro atoms. The number of aromatic nitrogens is 2. The molecule has 0 unspecified atom stereocenters. The number of carbonyl (C=O) groups excluding carboxylic acids is 1. The van der Waals surface area contributed by atoms with Gasteiger partial charge in [0.2, 0.25) is 5.28 Å². The van der Waals surface area contributed by atoms with Gasteiger partial charge in [0, 0.05) is 23.7 Å². The molecule has 0 aliphatic carbocycles. The number of amides is 1. The zero-order valence-electron chi connectivity index (χ0n) is 16.0. The number of hydrogen-bond donors (Lipinski definition) is 1. The monoisotopic (exact) mass is 419 g/mol. The third kappa shape index (κ3) is 5.56. The fourth-order valence-electron chi connectivity index (χ4n) is 2.51. The van der Waals surface area contributed by atoms with Crippen LogP contribution in [0.15, 0.2) is 35.8 Å². The van der Waals surface area contributed by atoms with Crippen molar-refractivity contribution in [2.75, 3.05) is 13.2 Å². The summed E-state index contributed by atoms with van der Waals surface area (Å²) in [6.07, 6.45) is 2.01. The molecule has 0 aliphatic heterocycles. The molecule has 0 radical (unpaired) electrons. The van der Waals surface area contributed by atoms with Crippen molar-refractivity contribution in [3.8, 4) is 16.9 Å². The van der Waals surface area contributed by atoms with Crippen LogP contribution in [0.4, 0.5) is 4.79 Å². The maximum atomic E-state index is 11.6. The van der Waals surface area contributed by atoms with Gasteiger partial charge in [-0.3, -0.25) is 0 Å². The van der Waals surface area contributed by atoms with E-state index >= 15 is 0 Å². The molecule has 148 valence electrons. The van der Waals surface area contributed by atoms with E-state index in [0.29, 0.717) is 19.6 Å². The van der Waals surface area contributed by atoms with Gasteiger partial charge in [-0.1, -0.05) is 12.1 Å². The van der Waals surface area contributed by atoms with Gasteiger partial charge in [0.25, 0.3) is 0 Å². The molecule has 0 fully saturated rings. The molecule has 1 aromatic carbocycles.